The van der Waals surface area contributed by atoms with Gasteiger partial charge in [-0.3, -0.25) is 9.69 Å². The van der Waals surface area contributed by atoms with Gasteiger partial charge >= 0.3 is 0 Å². The second kappa shape index (κ2) is 5.76. The summed E-state index contributed by atoms with van der Waals surface area (Å²) in [5.74, 6) is 0.171. The minimum Gasteiger partial charge on any atom is -0.335 e. The number of hydrogen-bond acceptors (Lipinski definition) is 3. The van der Waals surface area contributed by atoms with E-state index >= 15 is 0 Å². The van der Waals surface area contributed by atoms with Gasteiger partial charge < -0.3 is 10.2 Å². The van der Waals surface area contributed by atoms with Crippen LogP contribution in [-0.2, 0) is 0 Å². The molecule has 1 N–H and O–H groups in total. The molecule has 0 atom stereocenters. The molecule has 2 heterocycles. The molecule has 19 heavy (non-hydrogen) atoms. The van der Waals surface area contributed by atoms with Crippen LogP contribution in [0, 0.1) is 3.57 Å². The SMILES string of the molecule is O=C(c1cccc(I)c1)N1CC(N2CCNCC2)C1. The largest absolute Gasteiger partial charge is 0.335 e. The number of amides is 1. The van der Waals surface area contributed by atoms with E-state index in [1.807, 2.05) is 29.2 Å². The van der Waals surface area contributed by atoms with Crippen molar-refractivity contribution in [1.29, 1.82) is 0 Å². The highest BCUT2D eigenvalue weighted by molar-refractivity contribution is 14.1. The third-order valence-corrected chi connectivity index (χ3v) is 4.56. The van der Waals surface area contributed by atoms with E-state index in [4.69, 9.17) is 0 Å². The number of nitrogens with one attached hydrogen (secondary N) is 1. The maximum Gasteiger partial charge on any atom is 0.253 e. The van der Waals surface area contributed by atoms with Gasteiger partial charge in [-0.25, -0.2) is 0 Å². The van der Waals surface area contributed by atoms with Crippen molar-refractivity contribution in [2.75, 3.05) is 39.3 Å². The Balaban J connectivity index is 1.56. The molecule has 0 aliphatic carbocycles. The zero-order valence-electron chi connectivity index (χ0n) is 10.8. The fraction of sp³-hybridized carbons (Fsp3) is 0.500. The Hall–Kier alpha value is -0.660. The first-order valence-corrected chi connectivity index (χ1v) is 7.81. The van der Waals surface area contributed by atoms with Gasteiger partial charge in [-0.15, -0.1) is 0 Å². The van der Waals surface area contributed by atoms with Crippen LogP contribution in [0.3, 0.4) is 0 Å². The van der Waals surface area contributed by atoms with Gasteiger partial charge in [0.15, 0.2) is 0 Å². The third kappa shape index (κ3) is 2.93. The maximum absolute atomic E-state index is 12.3. The van der Waals surface area contributed by atoms with Gasteiger partial charge in [0.1, 0.15) is 0 Å². The first kappa shape index (κ1) is 13.3. The Morgan fingerprint density at radius 2 is 2.00 bits per heavy atom. The summed E-state index contributed by atoms with van der Waals surface area (Å²) in [4.78, 5) is 16.8. The predicted molar refractivity (Wildman–Crippen MR) is 83.3 cm³/mol. The van der Waals surface area contributed by atoms with Gasteiger partial charge in [0.25, 0.3) is 5.91 Å². The summed E-state index contributed by atoms with van der Waals surface area (Å²) in [5, 5.41) is 3.36. The molecule has 2 aliphatic rings. The molecule has 0 unspecified atom stereocenters. The molecular formula is C14H18IN3O. The molecule has 0 radical (unpaired) electrons. The third-order valence-electron chi connectivity index (χ3n) is 3.89. The van der Waals surface area contributed by atoms with Crippen molar-refractivity contribution in [3.8, 4) is 0 Å². The first-order chi connectivity index (χ1) is 9.24. The van der Waals surface area contributed by atoms with E-state index in [9.17, 15) is 4.79 Å². The topological polar surface area (TPSA) is 35.6 Å². The molecule has 0 bridgehead atoms. The van der Waals surface area contributed by atoms with Gasteiger partial charge in [-0.1, -0.05) is 6.07 Å². The quantitative estimate of drug-likeness (QED) is 0.789. The molecule has 3 rings (SSSR count). The number of halogens is 1. The lowest BCUT2D eigenvalue weighted by atomic mass is 10.0. The molecule has 1 aromatic rings. The van der Waals surface area contributed by atoms with Gasteiger partial charge in [-0.2, -0.15) is 0 Å². The Bertz CT molecular complexity index is 468. The van der Waals surface area contributed by atoms with Crippen LogP contribution in [0.1, 0.15) is 10.4 Å². The monoisotopic (exact) mass is 371 g/mol. The number of carbonyl (C=O) groups excluding carboxylic acids is 1. The molecule has 102 valence electrons. The Kier molecular flexibility index (Phi) is 4.04. The van der Waals surface area contributed by atoms with Crippen LogP contribution in [0.5, 0.6) is 0 Å². The maximum atomic E-state index is 12.3. The molecule has 0 spiro atoms. The smallest absolute Gasteiger partial charge is 0.253 e. The number of likely N-dealkylation sites (tertiary alicyclic amines) is 1. The minimum atomic E-state index is 0.171. The van der Waals surface area contributed by atoms with E-state index in [2.05, 4.69) is 32.8 Å². The van der Waals surface area contributed by atoms with E-state index in [1.54, 1.807) is 0 Å². The molecular weight excluding hydrogens is 353 g/mol. The molecule has 1 amide bonds. The summed E-state index contributed by atoms with van der Waals surface area (Å²) in [7, 11) is 0. The summed E-state index contributed by atoms with van der Waals surface area (Å²) < 4.78 is 1.11. The van der Waals surface area contributed by atoms with Crippen LogP contribution in [0.4, 0.5) is 0 Å². The van der Waals surface area contributed by atoms with Crippen molar-refractivity contribution in [3.05, 3.63) is 33.4 Å². The van der Waals surface area contributed by atoms with Crippen LogP contribution in [-0.4, -0.2) is 61.0 Å². The van der Waals surface area contributed by atoms with Crippen LogP contribution in [0.25, 0.3) is 0 Å². The van der Waals surface area contributed by atoms with E-state index in [1.165, 1.54) is 0 Å². The molecule has 1 aromatic carbocycles. The highest BCUT2D eigenvalue weighted by Crippen LogP contribution is 2.19. The van der Waals surface area contributed by atoms with Crippen LogP contribution >= 0.6 is 22.6 Å². The highest BCUT2D eigenvalue weighted by Gasteiger charge is 2.35. The number of piperazine rings is 1. The first-order valence-electron chi connectivity index (χ1n) is 6.73. The molecule has 0 saturated carbocycles. The summed E-state index contributed by atoms with van der Waals surface area (Å²) in [6.07, 6.45) is 0. The standard InChI is InChI=1S/C14H18IN3O/c15-12-3-1-2-11(8-12)14(19)18-9-13(10-18)17-6-4-16-5-7-17/h1-3,8,13,16H,4-7,9-10H2. The Labute approximate surface area is 127 Å². The lowest BCUT2D eigenvalue weighted by Gasteiger charge is -2.46. The van der Waals surface area contributed by atoms with E-state index in [0.717, 1.165) is 48.4 Å². The molecule has 5 heteroatoms. The zero-order valence-corrected chi connectivity index (χ0v) is 13.0. The van der Waals surface area contributed by atoms with Crippen molar-refractivity contribution in [2.45, 2.75) is 6.04 Å². The molecule has 2 saturated heterocycles. The van der Waals surface area contributed by atoms with Crippen molar-refractivity contribution in [1.82, 2.24) is 15.1 Å². The average Bonchev–Trinajstić information content (AvgIpc) is 2.38. The van der Waals surface area contributed by atoms with Crippen LogP contribution in [0.2, 0.25) is 0 Å². The summed E-state index contributed by atoms with van der Waals surface area (Å²) >= 11 is 2.25. The minimum absolute atomic E-state index is 0.171. The van der Waals surface area contributed by atoms with Crippen molar-refractivity contribution in [3.63, 3.8) is 0 Å². The zero-order chi connectivity index (χ0) is 13.2. The van der Waals surface area contributed by atoms with Gasteiger partial charge in [0.2, 0.25) is 0 Å². The van der Waals surface area contributed by atoms with E-state index in [0.29, 0.717) is 6.04 Å². The number of hydrogen-bond donors (Lipinski definition) is 1. The average molecular weight is 371 g/mol. The number of rotatable bonds is 2. The Morgan fingerprint density at radius 1 is 1.26 bits per heavy atom. The lowest BCUT2D eigenvalue weighted by Crippen LogP contribution is -2.63. The van der Waals surface area contributed by atoms with Gasteiger partial charge in [0, 0.05) is 54.4 Å². The lowest BCUT2D eigenvalue weighted by molar-refractivity contribution is 0.0227. The predicted octanol–water partition coefficient (Wildman–Crippen LogP) is 1.02. The van der Waals surface area contributed by atoms with Gasteiger partial charge in [0.05, 0.1) is 0 Å². The molecule has 2 aliphatic heterocycles. The van der Waals surface area contributed by atoms with Crippen molar-refractivity contribution >= 4 is 28.5 Å². The second-order valence-electron chi connectivity index (χ2n) is 5.16. The second-order valence-corrected chi connectivity index (χ2v) is 6.41. The fourth-order valence-electron chi connectivity index (χ4n) is 2.70. The van der Waals surface area contributed by atoms with E-state index < -0.39 is 0 Å². The molecule has 2 fully saturated rings. The van der Waals surface area contributed by atoms with Crippen molar-refractivity contribution in [2.24, 2.45) is 0 Å². The highest BCUT2D eigenvalue weighted by atomic mass is 127. The number of nitrogens with zero attached hydrogens (tertiary/aromatic N) is 2. The molecule has 0 aromatic heterocycles. The van der Waals surface area contributed by atoms with Crippen LogP contribution < -0.4 is 5.32 Å². The summed E-state index contributed by atoms with van der Waals surface area (Å²) in [5.41, 5.74) is 0.811. The number of carbonyl (C=O) groups is 1. The van der Waals surface area contributed by atoms with Gasteiger partial charge in [-0.05, 0) is 40.8 Å². The van der Waals surface area contributed by atoms with E-state index in [-0.39, 0.29) is 5.91 Å². The normalized spacial score (nSPS) is 21.2. The van der Waals surface area contributed by atoms with Crippen LogP contribution in [0.15, 0.2) is 24.3 Å². The molecule has 4 nitrogen and oxygen atoms in total. The summed E-state index contributed by atoms with van der Waals surface area (Å²) in [6, 6.07) is 8.39. The Morgan fingerprint density at radius 3 is 2.68 bits per heavy atom. The van der Waals surface area contributed by atoms with Crippen molar-refractivity contribution < 1.29 is 4.79 Å². The number of benzene rings is 1. The summed E-state index contributed by atoms with van der Waals surface area (Å²) in [6.45, 7) is 6.11. The fourth-order valence-corrected chi connectivity index (χ4v) is 3.25.